The maximum atomic E-state index is 12.3. The highest BCUT2D eigenvalue weighted by Crippen LogP contribution is 2.29. The molecule has 0 aromatic carbocycles. The SMILES string of the molecule is [2H][C@@]1(n2ccc(NO)nc2=O)O[C@H](COC(=O)C(CCC)CCC)[C@@H](O)[C@H]1O. The quantitative estimate of drug-likeness (QED) is 0.351. The van der Waals surface area contributed by atoms with E-state index in [0.29, 0.717) is 17.4 Å². The number of ether oxygens (including phenoxy) is 2. The van der Waals surface area contributed by atoms with Gasteiger partial charge in [-0.1, -0.05) is 26.7 Å². The number of hydrogen-bond donors (Lipinski definition) is 4. The van der Waals surface area contributed by atoms with E-state index in [9.17, 15) is 19.8 Å². The van der Waals surface area contributed by atoms with Gasteiger partial charge in [0.2, 0.25) is 0 Å². The number of nitrogens with one attached hydrogen (secondary N) is 1. The molecule has 0 radical (unpaired) electrons. The van der Waals surface area contributed by atoms with E-state index in [-0.39, 0.29) is 18.3 Å². The lowest BCUT2D eigenvalue weighted by atomic mass is 9.99. The first-order chi connectivity index (χ1) is 13.3. The van der Waals surface area contributed by atoms with Gasteiger partial charge in [0, 0.05) is 6.20 Å². The highest BCUT2D eigenvalue weighted by Gasteiger charge is 2.44. The number of hydrogen-bond acceptors (Lipinski definition) is 9. The number of carbonyl (C=O) groups excluding carboxylic acids is 1. The maximum absolute atomic E-state index is 12.3. The number of aliphatic hydroxyl groups excluding tert-OH is 2. The number of nitrogens with zero attached hydrogens (tertiary/aromatic N) is 2. The summed E-state index contributed by atoms with van der Waals surface area (Å²) in [7, 11) is 0. The first-order valence-corrected chi connectivity index (χ1v) is 8.99. The summed E-state index contributed by atoms with van der Waals surface area (Å²) in [5.74, 6) is -0.834. The summed E-state index contributed by atoms with van der Waals surface area (Å²) in [6.07, 6.45) is -2.80. The second kappa shape index (κ2) is 9.79. The van der Waals surface area contributed by atoms with Gasteiger partial charge in [0.1, 0.15) is 24.9 Å². The summed E-state index contributed by atoms with van der Waals surface area (Å²) in [6, 6.07) is 1.19. The number of aliphatic hydroxyl groups is 2. The summed E-state index contributed by atoms with van der Waals surface area (Å²) in [4.78, 5) is 27.8. The van der Waals surface area contributed by atoms with Crippen molar-refractivity contribution in [2.45, 2.75) is 64.0 Å². The lowest BCUT2D eigenvalue weighted by Crippen LogP contribution is -2.36. The number of esters is 1. The third kappa shape index (κ3) is 5.04. The first kappa shape index (κ1) is 19.7. The number of carbonyl (C=O) groups is 1. The van der Waals surface area contributed by atoms with Crippen LogP contribution in [0.5, 0.6) is 0 Å². The van der Waals surface area contributed by atoms with Gasteiger partial charge in [-0.3, -0.25) is 20.0 Å². The first-order valence-electron chi connectivity index (χ1n) is 9.49. The van der Waals surface area contributed by atoms with Crippen LogP contribution >= 0.6 is 0 Å². The molecule has 1 aromatic rings. The van der Waals surface area contributed by atoms with E-state index >= 15 is 0 Å². The van der Waals surface area contributed by atoms with Gasteiger partial charge >= 0.3 is 11.7 Å². The highest BCUT2D eigenvalue weighted by molar-refractivity contribution is 5.72. The van der Waals surface area contributed by atoms with Gasteiger partial charge in [-0.15, -0.1) is 0 Å². The monoisotopic (exact) mass is 386 g/mol. The molecule has 1 aromatic heterocycles. The third-order valence-electron chi connectivity index (χ3n) is 4.38. The van der Waals surface area contributed by atoms with Crippen LogP contribution in [0.1, 0.15) is 47.1 Å². The Balaban J connectivity index is 2.11. The van der Waals surface area contributed by atoms with E-state index in [4.69, 9.17) is 16.1 Å². The molecule has 0 unspecified atom stereocenters. The van der Waals surface area contributed by atoms with Gasteiger partial charge in [0.15, 0.2) is 12.0 Å². The molecule has 4 atom stereocenters. The topological polar surface area (TPSA) is 143 Å². The third-order valence-corrected chi connectivity index (χ3v) is 4.38. The number of aromatic nitrogens is 2. The van der Waals surface area contributed by atoms with Crippen molar-refractivity contribution in [2.75, 3.05) is 12.1 Å². The van der Waals surface area contributed by atoms with Crippen LogP contribution in [0.3, 0.4) is 0 Å². The van der Waals surface area contributed by atoms with Crippen molar-refractivity contribution in [3.05, 3.63) is 22.7 Å². The predicted octanol–water partition coefficient (Wildman–Crippen LogP) is 0.423. The Kier molecular flexibility index (Phi) is 7.16. The van der Waals surface area contributed by atoms with Crippen molar-refractivity contribution >= 4 is 11.8 Å². The van der Waals surface area contributed by atoms with Crippen LogP contribution < -0.4 is 11.2 Å². The smallest absolute Gasteiger partial charge is 0.351 e. The Morgan fingerprint density at radius 1 is 1.41 bits per heavy atom. The zero-order valence-corrected chi connectivity index (χ0v) is 15.4. The largest absolute Gasteiger partial charge is 0.463 e. The van der Waals surface area contributed by atoms with Gasteiger partial charge in [-0.05, 0) is 18.9 Å². The summed E-state index contributed by atoms with van der Waals surface area (Å²) < 4.78 is 19.6. The van der Waals surface area contributed by atoms with Crippen LogP contribution in [0.15, 0.2) is 17.1 Å². The zero-order chi connectivity index (χ0) is 20.9. The van der Waals surface area contributed by atoms with Crippen molar-refractivity contribution < 1.29 is 31.1 Å². The zero-order valence-electron chi connectivity index (χ0n) is 16.4. The van der Waals surface area contributed by atoms with Crippen molar-refractivity contribution in [3.8, 4) is 0 Å². The predicted molar refractivity (Wildman–Crippen MR) is 94.1 cm³/mol. The van der Waals surface area contributed by atoms with Gasteiger partial charge in [0.25, 0.3) is 0 Å². The second-order valence-corrected chi connectivity index (χ2v) is 6.41. The molecule has 0 saturated carbocycles. The highest BCUT2D eigenvalue weighted by atomic mass is 16.6. The van der Waals surface area contributed by atoms with Crippen molar-refractivity contribution in [3.63, 3.8) is 0 Å². The lowest BCUT2D eigenvalue weighted by molar-refractivity contribution is -0.155. The van der Waals surface area contributed by atoms with Crippen LogP contribution in [0.25, 0.3) is 0 Å². The van der Waals surface area contributed by atoms with Gasteiger partial charge in [-0.25, -0.2) is 4.79 Å². The Labute approximate surface area is 158 Å². The van der Waals surface area contributed by atoms with Crippen molar-refractivity contribution in [2.24, 2.45) is 5.92 Å². The molecule has 10 heteroatoms. The van der Waals surface area contributed by atoms with E-state index in [1.54, 1.807) is 5.48 Å². The summed E-state index contributed by atoms with van der Waals surface area (Å²) in [6.45, 7) is 3.57. The van der Waals surface area contributed by atoms with E-state index in [0.717, 1.165) is 19.0 Å². The maximum Gasteiger partial charge on any atom is 0.351 e. The van der Waals surface area contributed by atoms with E-state index in [1.807, 2.05) is 13.8 Å². The fraction of sp³-hybridized carbons (Fsp3) is 0.706. The molecule has 4 N–H and O–H groups in total. The van der Waals surface area contributed by atoms with Gasteiger partial charge in [-0.2, -0.15) is 4.98 Å². The average molecular weight is 386 g/mol. The molecular formula is C17H27N3O7. The Hall–Kier alpha value is -2.01. The Morgan fingerprint density at radius 2 is 2.07 bits per heavy atom. The van der Waals surface area contributed by atoms with E-state index < -0.39 is 36.2 Å². The van der Waals surface area contributed by atoms with Crippen molar-refractivity contribution in [1.29, 1.82) is 0 Å². The minimum Gasteiger partial charge on any atom is -0.463 e. The molecule has 1 saturated heterocycles. The number of anilines is 1. The fourth-order valence-corrected chi connectivity index (χ4v) is 2.97. The average Bonchev–Trinajstić information content (AvgIpc) is 2.90. The van der Waals surface area contributed by atoms with Gasteiger partial charge in [0.05, 0.1) is 7.29 Å². The summed E-state index contributed by atoms with van der Waals surface area (Å²) in [5.41, 5.74) is 0.712. The van der Waals surface area contributed by atoms with Crippen LogP contribution in [0, 0.1) is 5.92 Å². The van der Waals surface area contributed by atoms with Crippen LogP contribution in [-0.4, -0.2) is 55.9 Å². The van der Waals surface area contributed by atoms with Crippen LogP contribution in [0.2, 0.25) is 0 Å². The summed E-state index contributed by atoms with van der Waals surface area (Å²) in [5, 5.41) is 29.3. The van der Waals surface area contributed by atoms with Crippen molar-refractivity contribution in [1.82, 2.24) is 9.55 Å². The Morgan fingerprint density at radius 3 is 2.63 bits per heavy atom. The molecule has 0 bridgehead atoms. The van der Waals surface area contributed by atoms with Crippen LogP contribution in [0.4, 0.5) is 5.82 Å². The normalized spacial score (nSPS) is 28.2. The van der Waals surface area contributed by atoms with Crippen LogP contribution in [-0.2, 0) is 14.3 Å². The standard InChI is InChI=1S/C17H27N3O7/c1-3-5-10(6-4-2)16(23)26-9-11-13(21)14(22)15(27-11)20-8-7-12(19-25)18-17(20)24/h7-8,10-11,13-15,21-22,25H,3-6,9H2,1-2H3,(H,18,19,24)/t11-,13-,14-,15-/m1/s1/i15D. The Bertz CT molecular complexity index is 725. The molecule has 10 nitrogen and oxygen atoms in total. The molecule has 0 aliphatic carbocycles. The summed E-state index contributed by atoms with van der Waals surface area (Å²) >= 11 is 0. The minimum atomic E-state index is -2.36. The molecular weight excluding hydrogens is 358 g/mol. The molecule has 0 spiro atoms. The number of rotatable bonds is 9. The van der Waals surface area contributed by atoms with Gasteiger partial charge < -0.3 is 19.7 Å². The molecule has 1 aliphatic heterocycles. The molecule has 0 amide bonds. The molecule has 2 heterocycles. The van der Waals surface area contributed by atoms with E-state index in [2.05, 4.69) is 4.98 Å². The van der Waals surface area contributed by atoms with E-state index in [1.165, 1.54) is 6.07 Å². The molecule has 152 valence electrons. The molecule has 27 heavy (non-hydrogen) atoms. The second-order valence-electron chi connectivity index (χ2n) is 6.41. The molecule has 1 fully saturated rings. The fourth-order valence-electron chi connectivity index (χ4n) is 2.97. The lowest BCUT2D eigenvalue weighted by Gasteiger charge is -2.18. The molecule has 1 aliphatic rings. The molecule has 2 rings (SSSR count). The minimum absolute atomic E-state index is 0.152.